The van der Waals surface area contributed by atoms with Crippen LogP contribution in [0.1, 0.15) is 37.0 Å². The van der Waals surface area contributed by atoms with Crippen LogP contribution in [0.2, 0.25) is 0 Å². The van der Waals surface area contributed by atoms with Crippen LogP contribution in [0.15, 0.2) is 14.7 Å². The number of carbonyl (C=O) groups is 1. The number of sulfonamides is 1. The molecule has 5 nitrogen and oxygen atoms in total. The smallest absolute Gasteiger partial charge is 0.324 e. The highest BCUT2D eigenvalue weighted by atomic mass is 79.9. The second-order valence-corrected chi connectivity index (χ2v) is 9.31. The van der Waals surface area contributed by atoms with E-state index in [2.05, 4.69) is 20.7 Å². The second kappa shape index (κ2) is 5.75. The summed E-state index contributed by atoms with van der Waals surface area (Å²) in [5, 5.41) is 9.44. The summed E-state index contributed by atoms with van der Waals surface area (Å²) in [5.74, 6) is -1.09. The minimum atomic E-state index is -3.82. The monoisotopic (exact) mass is 381 g/mol. The van der Waals surface area contributed by atoms with Crippen molar-refractivity contribution in [2.75, 3.05) is 0 Å². The van der Waals surface area contributed by atoms with Crippen LogP contribution in [0.25, 0.3) is 0 Å². The zero-order valence-corrected chi connectivity index (χ0v) is 14.2. The fourth-order valence-electron chi connectivity index (χ4n) is 2.52. The summed E-state index contributed by atoms with van der Waals surface area (Å²) in [6.07, 6.45) is 3.07. The van der Waals surface area contributed by atoms with Gasteiger partial charge in [-0.25, -0.2) is 8.42 Å². The van der Waals surface area contributed by atoms with Gasteiger partial charge in [0.25, 0.3) is 0 Å². The van der Waals surface area contributed by atoms with Crippen LogP contribution in [0.5, 0.6) is 0 Å². The molecule has 1 heterocycles. The van der Waals surface area contributed by atoms with Crippen molar-refractivity contribution in [3.8, 4) is 0 Å². The van der Waals surface area contributed by atoms with Gasteiger partial charge >= 0.3 is 5.97 Å². The molecule has 0 radical (unpaired) electrons. The molecule has 1 fully saturated rings. The molecule has 0 saturated heterocycles. The molecule has 0 atom stereocenters. The van der Waals surface area contributed by atoms with E-state index >= 15 is 0 Å². The first kappa shape index (κ1) is 15.9. The van der Waals surface area contributed by atoms with Crippen LogP contribution in [-0.2, 0) is 14.8 Å². The summed E-state index contributed by atoms with van der Waals surface area (Å²) in [6.45, 7) is 1.71. The van der Waals surface area contributed by atoms with E-state index in [9.17, 15) is 18.3 Å². The maximum Gasteiger partial charge on any atom is 0.324 e. The van der Waals surface area contributed by atoms with Gasteiger partial charge in [0, 0.05) is 4.88 Å². The van der Waals surface area contributed by atoms with Crippen molar-refractivity contribution in [1.82, 2.24) is 4.72 Å². The number of rotatable bonds is 4. The third-order valence-corrected chi connectivity index (χ3v) is 6.92. The van der Waals surface area contributed by atoms with Gasteiger partial charge in [0.15, 0.2) is 0 Å². The summed E-state index contributed by atoms with van der Waals surface area (Å²) < 4.78 is 28.1. The average molecular weight is 382 g/mol. The lowest BCUT2D eigenvalue weighted by molar-refractivity contribution is -0.145. The summed E-state index contributed by atoms with van der Waals surface area (Å²) >= 11 is 4.57. The maximum absolute atomic E-state index is 12.5. The third kappa shape index (κ3) is 3.08. The topological polar surface area (TPSA) is 83.5 Å². The van der Waals surface area contributed by atoms with E-state index in [1.165, 1.54) is 17.4 Å². The zero-order chi connectivity index (χ0) is 15.0. The quantitative estimate of drug-likeness (QED) is 0.839. The molecular formula is C12H16BrNO4S2. The molecule has 0 spiro atoms. The van der Waals surface area contributed by atoms with E-state index in [-0.39, 0.29) is 4.90 Å². The molecule has 8 heteroatoms. The molecule has 0 amide bonds. The van der Waals surface area contributed by atoms with E-state index in [0.29, 0.717) is 21.5 Å². The molecule has 1 aromatic rings. The molecule has 2 N–H and O–H groups in total. The van der Waals surface area contributed by atoms with Gasteiger partial charge in [-0.2, -0.15) is 4.72 Å². The van der Waals surface area contributed by atoms with Gasteiger partial charge in [0.1, 0.15) is 5.54 Å². The molecular weight excluding hydrogens is 366 g/mol. The van der Waals surface area contributed by atoms with Gasteiger partial charge in [-0.1, -0.05) is 19.3 Å². The predicted molar refractivity (Wildman–Crippen MR) is 80.5 cm³/mol. The zero-order valence-electron chi connectivity index (χ0n) is 11.0. The SMILES string of the molecule is Cc1sc(Br)cc1S(=O)(=O)NC1(C(=O)O)CCCCC1. The van der Waals surface area contributed by atoms with E-state index in [4.69, 9.17) is 0 Å². The van der Waals surface area contributed by atoms with E-state index in [1.807, 2.05) is 0 Å². The standard InChI is InChI=1S/C12H16BrNO4S2/c1-8-9(7-10(13)19-8)20(17,18)14-12(11(15)16)5-3-2-4-6-12/h7,14H,2-6H2,1H3,(H,15,16). The highest BCUT2D eigenvalue weighted by molar-refractivity contribution is 9.11. The molecule has 0 aliphatic heterocycles. The molecule has 2 rings (SSSR count). The molecule has 1 aliphatic rings. The molecule has 112 valence electrons. The highest BCUT2D eigenvalue weighted by Gasteiger charge is 2.43. The normalized spacial score (nSPS) is 18.9. The lowest BCUT2D eigenvalue weighted by atomic mass is 9.83. The van der Waals surface area contributed by atoms with Gasteiger partial charge in [-0.05, 0) is 41.8 Å². The summed E-state index contributed by atoms with van der Waals surface area (Å²) in [6, 6.07) is 1.51. The van der Waals surface area contributed by atoms with Crippen molar-refractivity contribution in [2.24, 2.45) is 0 Å². The van der Waals surface area contributed by atoms with Crippen molar-refractivity contribution in [1.29, 1.82) is 0 Å². The van der Waals surface area contributed by atoms with E-state index < -0.39 is 21.5 Å². The number of aliphatic carboxylic acids is 1. The fourth-order valence-corrected chi connectivity index (χ4v) is 6.36. The van der Waals surface area contributed by atoms with E-state index in [1.54, 1.807) is 6.92 Å². The number of hydrogen-bond donors (Lipinski definition) is 2. The molecule has 0 bridgehead atoms. The van der Waals surface area contributed by atoms with Crippen LogP contribution in [0, 0.1) is 6.92 Å². The first-order valence-electron chi connectivity index (χ1n) is 6.30. The number of hydrogen-bond acceptors (Lipinski definition) is 4. The lowest BCUT2D eigenvalue weighted by Gasteiger charge is -2.33. The molecule has 1 aromatic heterocycles. The summed E-state index contributed by atoms with van der Waals surface area (Å²) in [7, 11) is -3.82. The molecule has 0 aromatic carbocycles. The molecule has 20 heavy (non-hydrogen) atoms. The van der Waals surface area contributed by atoms with Crippen LogP contribution < -0.4 is 4.72 Å². The third-order valence-electron chi connectivity index (χ3n) is 3.58. The minimum Gasteiger partial charge on any atom is -0.480 e. The number of carboxylic acids is 1. The van der Waals surface area contributed by atoms with Crippen molar-refractivity contribution in [3.63, 3.8) is 0 Å². The van der Waals surface area contributed by atoms with Crippen molar-refractivity contribution in [3.05, 3.63) is 14.7 Å². The first-order valence-corrected chi connectivity index (χ1v) is 9.39. The number of thiophene rings is 1. The number of nitrogens with one attached hydrogen (secondary N) is 1. The van der Waals surface area contributed by atoms with Crippen molar-refractivity contribution in [2.45, 2.75) is 49.5 Å². The Bertz CT molecular complexity index is 617. The van der Waals surface area contributed by atoms with Gasteiger partial charge in [-0.3, -0.25) is 4.79 Å². The molecule has 0 unspecified atom stereocenters. The Hall–Kier alpha value is -0.440. The van der Waals surface area contributed by atoms with Crippen molar-refractivity contribution < 1.29 is 18.3 Å². The second-order valence-electron chi connectivity index (χ2n) is 5.02. The Morgan fingerprint density at radius 2 is 2.00 bits per heavy atom. The first-order chi connectivity index (χ1) is 9.27. The minimum absolute atomic E-state index is 0.153. The molecule has 1 saturated carbocycles. The van der Waals surface area contributed by atoms with Gasteiger partial charge in [0.2, 0.25) is 10.0 Å². The van der Waals surface area contributed by atoms with Gasteiger partial charge < -0.3 is 5.11 Å². The number of aryl methyl sites for hydroxylation is 1. The Morgan fingerprint density at radius 3 is 2.45 bits per heavy atom. The Balaban J connectivity index is 2.35. The highest BCUT2D eigenvalue weighted by Crippen LogP contribution is 2.33. The summed E-state index contributed by atoms with van der Waals surface area (Å²) in [4.78, 5) is 12.3. The van der Waals surface area contributed by atoms with Crippen LogP contribution in [0.3, 0.4) is 0 Å². The summed E-state index contributed by atoms with van der Waals surface area (Å²) in [5.41, 5.74) is -1.36. The average Bonchev–Trinajstić information content (AvgIpc) is 2.70. The van der Waals surface area contributed by atoms with Crippen LogP contribution in [0.4, 0.5) is 0 Å². The number of carboxylic acid groups (broad SMARTS) is 1. The Labute approximate surface area is 130 Å². The van der Waals surface area contributed by atoms with Gasteiger partial charge in [0.05, 0.1) is 8.68 Å². The van der Waals surface area contributed by atoms with E-state index in [0.717, 1.165) is 19.3 Å². The van der Waals surface area contributed by atoms with Crippen molar-refractivity contribution >= 4 is 43.3 Å². The maximum atomic E-state index is 12.5. The fraction of sp³-hybridized carbons (Fsp3) is 0.583. The largest absolute Gasteiger partial charge is 0.480 e. The Morgan fingerprint density at radius 1 is 1.40 bits per heavy atom. The number of halogens is 1. The Kier molecular flexibility index (Phi) is 4.58. The van der Waals surface area contributed by atoms with Gasteiger partial charge in [-0.15, -0.1) is 11.3 Å². The molecule has 1 aliphatic carbocycles. The lowest BCUT2D eigenvalue weighted by Crippen LogP contribution is -2.55. The predicted octanol–water partition coefficient (Wildman–Crippen LogP) is 2.88. The van der Waals surface area contributed by atoms with Crippen LogP contribution in [-0.4, -0.2) is 25.0 Å². The van der Waals surface area contributed by atoms with Crippen LogP contribution >= 0.6 is 27.3 Å².